The summed E-state index contributed by atoms with van der Waals surface area (Å²) in [5.41, 5.74) is 2.93. The number of hydrogen-bond donors (Lipinski definition) is 0. The topological polar surface area (TPSA) is 60.2 Å². The highest BCUT2D eigenvalue weighted by molar-refractivity contribution is 8.00. The Morgan fingerprint density at radius 2 is 1.62 bits per heavy atom. The molecule has 0 aliphatic carbocycles. The maximum atomic E-state index is 13.1. The van der Waals surface area contributed by atoms with Crippen LogP contribution < -0.4 is 9.64 Å². The summed E-state index contributed by atoms with van der Waals surface area (Å²) >= 11 is 1.41. The Bertz CT molecular complexity index is 1210. The van der Waals surface area contributed by atoms with Gasteiger partial charge in [0.25, 0.3) is 0 Å². The predicted octanol–water partition coefficient (Wildman–Crippen LogP) is 5.40. The monoisotopic (exact) mass is 472 g/mol. The molecule has 4 aromatic rings. The van der Waals surface area contributed by atoms with Gasteiger partial charge in [-0.2, -0.15) is 0 Å². The number of aromatic nitrogens is 3. The normalized spacial score (nSPS) is 11.7. The molecular formula is C27H28N4O2S. The van der Waals surface area contributed by atoms with E-state index in [4.69, 9.17) is 4.74 Å². The molecule has 0 spiro atoms. The van der Waals surface area contributed by atoms with Crippen LogP contribution in [0.3, 0.4) is 0 Å². The first-order chi connectivity index (χ1) is 16.6. The van der Waals surface area contributed by atoms with Gasteiger partial charge in [0.05, 0.1) is 11.9 Å². The summed E-state index contributed by atoms with van der Waals surface area (Å²) < 4.78 is 7.63. The first kappa shape index (κ1) is 23.6. The van der Waals surface area contributed by atoms with Gasteiger partial charge in [0.15, 0.2) is 5.16 Å². The average Bonchev–Trinajstić information content (AvgIpc) is 3.26. The molecule has 7 heteroatoms. The highest BCUT2D eigenvalue weighted by atomic mass is 32.2. The molecule has 174 valence electrons. The number of hydrogen-bond acceptors (Lipinski definition) is 5. The number of amides is 1. The van der Waals surface area contributed by atoms with Gasteiger partial charge in [0.1, 0.15) is 11.6 Å². The molecule has 0 saturated heterocycles. The van der Waals surface area contributed by atoms with E-state index in [9.17, 15) is 4.79 Å². The number of rotatable bonds is 9. The molecule has 0 N–H and O–H groups in total. The maximum Gasteiger partial charge on any atom is 0.240 e. The lowest BCUT2D eigenvalue weighted by molar-refractivity contribution is -0.117. The second-order valence-corrected chi connectivity index (χ2v) is 9.12. The average molecular weight is 473 g/mol. The summed E-state index contributed by atoms with van der Waals surface area (Å²) in [6, 6.07) is 27.7. The van der Waals surface area contributed by atoms with E-state index >= 15 is 0 Å². The van der Waals surface area contributed by atoms with Crippen LogP contribution in [0.2, 0.25) is 0 Å². The van der Waals surface area contributed by atoms with Crippen LogP contribution in [0.4, 0.5) is 5.69 Å². The van der Waals surface area contributed by atoms with Gasteiger partial charge in [-0.25, -0.2) is 0 Å². The van der Waals surface area contributed by atoms with Gasteiger partial charge in [0.2, 0.25) is 5.91 Å². The summed E-state index contributed by atoms with van der Waals surface area (Å²) in [6.07, 6.45) is 0.633. The van der Waals surface area contributed by atoms with Gasteiger partial charge in [-0.1, -0.05) is 60.3 Å². The predicted molar refractivity (Wildman–Crippen MR) is 137 cm³/mol. The van der Waals surface area contributed by atoms with Crippen LogP contribution in [0.15, 0.2) is 90.1 Å². The summed E-state index contributed by atoms with van der Waals surface area (Å²) in [7, 11) is 1.80. The molecule has 1 amide bonds. The van der Waals surface area contributed by atoms with Crippen molar-refractivity contribution in [1.82, 2.24) is 14.8 Å². The largest absolute Gasteiger partial charge is 0.494 e. The number of para-hydroxylation sites is 1. The first-order valence-electron chi connectivity index (χ1n) is 11.3. The van der Waals surface area contributed by atoms with Crippen molar-refractivity contribution >= 4 is 23.4 Å². The van der Waals surface area contributed by atoms with E-state index in [1.165, 1.54) is 11.8 Å². The first-order valence-corrected chi connectivity index (χ1v) is 12.2. The van der Waals surface area contributed by atoms with E-state index in [0.29, 0.717) is 18.2 Å². The molecule has 6 nitrogen and oxygen atoms in total. The molecule has 4 rings (SSSR count). The quantitative estimate of drug-likeness (QED) is 0.305. The molecule has 1 atom stereocenters. The van der Waals surface area contributed by atoms with Crippen molar-refractivity contribution < 1.29 is 9.53 Å². The molecule has 34 heavy (non-hydrogen) atoms. The minimum absolute atomic E-state index is 0.00190. The lowest BCUT2D eigenvalue weighted by atomic mass is 10.1. The Morgan fingerprint density at radius 3 is 2.26 bits per heavy atom. The highest BCUT2D eigenvalue weighted by Gasteiger charge is 2.24. The van der Waals surface area contributed by atoms with E-state index < -0.39 is 0 Å². The molecule has 1 unspecified atom stereocenters. The number of carbonyl (C=O) groups is 1. The van der Waals surface area contributed by atoms with Crippen molar-refractivity contribution in [2.45, 2.75) is 30.7 Å². The lowest BCUT2D eigenvalue weighted by Gasteiger charge is -2.21. The Labute approximate surface area is 204 Å². The third-order valence-electron chi connectivity index (χ3n) is 5.42. The molecule has 0 bridgehead atoms. The zero-order chi connectivity index (χ0) is 23.9. The van der Waals surface area contributed by atoms with Gasteiger partial charge in [-0.15, -0.1) is 10.2 Å². The fourth-order valence-electron chi connectivity index (χ4n) is 3.65. The van der Waals surface area contributed by atoms with Crippen molar-refractivity contribution in [1.29, 1.82) is 0 Å². The maximum absolute atomic E-state index is 13.1. The third-order valence-corrected chi connectivity index (χ3v) is 6.45. The zero-order valence-electron chi connectivity index (χ0n) is 19.6. The van der Waals surface area contributed by atoms with Gasteiger partial charge >= 0.3 is 0 Å². The van der Waals surface area contributed by atoms with E-state index in [0.717, 1.165) is 28.5 Å². The second-order valence-electron chi connectivity index (χ2n) is 7.82. The molecule has 3 aromatic carbocycles. The van der Waals surface area contributed by atoms with E-state index in [1.54, 1.807) is 11.9 Å². The molecule has 0 saturated carbocycles. The summed E-state index contributed by atoms with van der Waals surface area (Å²) in [6.45, 7) is 4.48. The van der Waals surface area contributed by atoms with Crippen molar-refractivity contribution in [3.05, 3.63) is 96.3 Å². The number of benzene rings is 3. The van der Waals surface area contributed by atoms with Gasteiger partial charge < -0.3 is 9.64 Å². The minimum atomic E-state index is -0.347. The zero-order valence-corrected chi connectivity index (χ0v) is 20.4. The van der Waals surface area contributed by atoms with Crippen molar-refractivity contribution in [2.24, 2.45) is 0 Å². The second kappa shape index (κ2) is 11.0. The van der Waals surface area contributed by atoms with Gasteiger partial charge in [0, 0.05) is 24.8 Å². The number of thioether (sulfide) groups is 1. The number of nitrogens with zero attached hydrogens (tertiary/aromatic N) is 4. The van der Waals surface area contributed by atoms with Crippen molar-refractivity contribution in [3.63, 3.8) is 0 Å². The molecule has 1 aromatic heterocycles. The number of ether oxygens (including phenoxy) is 1. The van der Waals surface area contributed by atoms with Crippen LogP contribution in [-0.2, 0) is 11.2 Å². The summed E-state index contributed by atoms with van der Waals surface area (Å²) in [5.74, 6) is 1.63. The molecule has 1 heterocycles. The van der Waals surface area contributed by atoms with Crippen LogP contribution in [0.5, 0.6) is 5.75 Å². The highest BCUT2D eigenvalue weighted by Crippen LogP contribution is 2.29. The lowest BCUT2D eigenvalue weighted by Crippen LogP contribution is -2.33. The molecule has 0 aliphatic heterocycles. The number of carbonyl (C=O) groups excluding carboxylic acids is 1. The Kier molecular flexibility index (Phi) is 7.65. The van der Waals surface area contributed by atoms with Crippen LogP contribution in [0.1, 0.15) is 25.2 Å². The summed E-state index contributed by atoms with van der Waals surface area (Å²) in [5, 5.41) is 9.31. The molecule has 0 radical (unpaired) electrons. The standard InChI is InChI=1S/C27H28N4O2S/c1-4-33-24-17-15-23(16-18-24)31-25(19-21-11-7-5-8-12-21)28-29-27(31)34-20(2)26(32)30(3)22-13-9-6-10-14-22/h5-18,20H,4,19H2,1-3H3. The molecular weight excluding hydrogens is 444 g/mol. The summed E-state index contributed by atoms with van der Waals surface area (Å²) in [4.78, 5) is 14.8. The fourth-order valence-corrected chi connectivity index (χ4v) is 4.63. The fraction of sp³-hybridized carbons (Fsp3) is 0.222. The van der Waals surface area contributed by atoms with Crippen LogP contribution in [0, 0.1) is 0 Å². The van der Waals surface area contributed by atoms with Crippen LogP contribution in [-0.4, -0.2) is 39.6 Å². The van der Waals surface area contributed by atoms with Crippen LogP contribution in [0.25, 0.3) is 5.69 Å². The third kappa shape index (κ3) is 5.48. The smallest absolute Gasteiger partial charge is 0.240 e. The SMILES string of the molecule is CCOc1ccc(-n2c(Cc3ccccc3)nnc2SC(C)C(=O)N(C)c2ccccc2)cc1. The number of anilines is 1. The van der Waals surface area contributed by atoms with E-state index in [1.807, 2.05) is 91.2 Å². The van der Waals surface area contributed by atoms with Crippen molar-refractivity contribution in [2.75, 3.05) is 18.6 Å². The minimum Gasteiger partial charge on any atom is -0.494 e. The van der Waals surface area contributed by atoms with Crippen LogP contribution >= 0.6 is 11.8 Å². The van der Waals surface area contributed by atoms with Gasteiger partial charge in [-0.3, -0.25) is 9.36 Å². The van der Waals surface area contributed by atoms with Gasteiger partial charge in [-0.05, 0) is 55.8 Å². The molecule has 0 fully saturated rings. The Hall–Kier alpha value is -3.58. The Balaban J connectivity index is 1.63. The Morgan fingerprint density at radius 1 is 0.971 bits per heavy atom. The van der Waals surface area contributed by atoms with Crippen molar-refractivity contribution in [3.8, 4) is 11.4 Å². The van der Waals surface area contributed by atoms with E-state index in [-0.39, 0.29) is 11.2 Å². The molecule has 0 aliphatic rings. The van der Waals surface area contributed by atoms with E-state index in [2.05, 4.69) is 22.3 Å².